The molecule has 0 atom stereocenters. The number of aryl methyl sites for hydroxylation is 1. The first-order valence-electron chi connectivity index (χ1n) is 11.1. The van der Waals surface area contributed by atoms with Gasteiger partial charge < -0.3 is 19.4 Å². The summed E-state index contributed by atoms with van der Waals surface area (Å²) in [4.78, 5) is 26.0. The van der Waals surface area contributed by atoms with Gasteiger partial charge in [0.2, 0.25) is 5.91 Å². The van der Waals surface area contributed by atoms with E-state index in [2.05, 4.69) is 41.5 Å². The second kappa shape index (κ2) is 10.6. The molecule has 0 radical (unpaired) electrons. The van der Waals surface area contributed by atoms with Gasteiger partial charge in [-0.25, -0.2) is 4.79 Å². The maximum atomic E-state index is 12.6. The Morgan fingerprint density at radius 2 is 1.97 bits per heavy atom. The van der Waals surface area contributed by atoms with Gasteiger partial charge in [0.15, 0.2) is 11.0 Å². The van der Waals surface area contributed by atoms with Gasteiger partial charge in [0.25, 0.3) is 0 Å². The molecule has 2 aromatic heterocycles. The minimum Gasteiger partial charge on any atom is -0.486 e. The SMILES string of the molecule is COC(=O)c1c(NC(=O)CSc2nnc(COc3ccc(C(C)C)cc3)n2C)sc2c1CCC2. The summed E-state index contributed by atoms with van der Waals surface area (Å²) in [6, 6.07) is 8.03. The van der Waals surface area contributed by atoms with Crippen molar-refractivity contribution >= 4 is 40.0 Å². The van der Waals surface area contributed by atoms with Crippen LogP contribution in [0.3, 0.4) is 0 Å². The quantitative estimate of drug-likeness (QED) is 0.339. The monoisotopic (exact) mass is 500 g/mol. The zero-order valence-electron chi connectivity index (χ0n) is 19.7. The van der Waals surface area contributed by atoms with E-state index in [1.54, 1.807) is 0 Å². The minimum atomic E-state index is -0.404. The van der Waals surface area contributed by atoms with Crippen molar-refractivity contribution in [2.75, 3.05) is 18.2 Å². The highest BCUT2D eigenvalue weighted by Gasteiger charge is 2.28. The Kier molecular flexibility index (Phi) is 7.57. The molecule has 0 spiro atoms. The van der Waals surface area contributed by atoms with Crippen LogP contribution in [-0.4, -0.2) is 39.5 Å². The van der Waals surface area contributed by atoms with Gasteiger partial charge in [0, 0.05) is 11.9 Å². The Bertz CT molecular complexity index is 1180. The van der Waals surface area contributed by atoms with Crippen LogP contribution < -0.4 is 10.1 Å². The summed E-state index contributed by atoms with van der Waals surface area (Å²) in [5.74, 6) is 1.44. The third kappa shape index (κ3) is 5.28. The lowest BCUT2D eigenvalue weighted by molar-refractivity contribution is -0.113. The molecule has 0 aliphatic heterocycles. The fourth-order valence-electron chi connectivity index (χ4n) is 3.80. The number of benzene rings is 1. The summed E-state index contributed by atoms with van der Waals surface area (Å²) < 4.78 is 12.6. The van der Waals surface area contributed by atoms with Crippen molar-refractivity contribution in [1.29, 1.82) is 0 Å². The molecule has 1 aliphatic carbocycles. The van der Waals surface area contributed by atoms with Crippen molar-refractivity contribution in [2.24, 2.45) is 7.05 Å². The molecule has 4 rings (SSSR count). The molecule has 2 heterocycles. The zero-order chi connectivity index (χ0) is 24.2. The van der Waals surface area contributed by atoms with E-state index in [9.17, 15) is 9.59 Å². The number of nitrogens with zero attached hydrogens (tertiary/aromatic N) is 3. The molecule has 1 amide bonds. The molecule has 3 aromatic rings. The molecule has 1 aliphatic rings. The van der Waals surface area contributed by atoms with Crippen LogP contribution in [0.15, 0.2) is 29.4 Å². The lowest BCUT2D eigenvalue weighted by Crippen LogP contribution is -2.16. The smallest absolute Gasteiger partial charge is 0.341 e. The number of anilines is 1. The summed E-state index contributed by atoms with van der Waals surface area (Å²) in [7, 11) is 3.21. The van der Waals surface area contributed by atoms with Crippen molar-refractivity contribution in [2.45, 2.75) is 50.8 Å². The molecule has 0 saturated heterocycles. The Morgan fingerprint density at radius 1 is 1.21 bits per heavy atom. The maximum absolute atomic E-state index is 12.6. The number of rotatable bonds is 9. The summed E-state index contributed by atoms with van der Waals surface area (Å²) >= 11 is 2.75. The van der Waals surface area contributed by atoms with E-state index in [0.29, 0.717) is 27.5 Å². The summed E-state index contributed by atoms with van der Waals surface area (Å²) in [5.41, 5.74) is 2.77. The van der Waals surface area contributed by atoms with Crippen LogP contribution in [0.1, 0.15) is 58.4 Å². The topological polar surface area (TPSA) is 95.3 Å². The molecule has 0 saturated carbocycles. The van der Waals surface area contributed by atoms with Gasteiger partial charge in [-0.15, -0.1) is 21.5 Å². The van der Waals surface area contributed by atoms with Crippen molar-refractivity contribution in [1.82, 2.24) is 14.8 Å². The van der Waals surface area contributed by atoms with Gasteiger partial charge >= 0.3 is 5.97 Å². The van der Waals surface area contributed by atoms with E-state index in [4.69, 9.17) is 9.47 Å². The van der Waals surface area contributed by atoms with Gasteiger partial charge in [-0.1, -0.05) is 37.7 Å². The van der Waals surface area contributed by atoms with Crippen LogP contribution in [0.2, 0.25) is 0 Å². The van der Waals surface area contributed by atoms with Crippen molar-refractivity contribution in [3.63, 3.8) is 0 Å². The Balaban J connectivity index is 1.33. The maximum Gasteiger partial charge on any atom is 0.341 e. The number of thioether (sulfide) groups is 1. The van der Waals surface area contributed by atoms with Gasteiger partial charge in [-0.2, -0.15) is 0 Å². The fraction of sp³-hybridized carbons (Fsp3) is 0.417. The number of hydrogen-bond donors (Lipinski definition) is 1. The molecular weight excluding hydrogens is 472 g/mol. The lowest BCUT2D eigenvalue weighted by atomic mass is 10.0. The molecule has 10 heteroatoms. The third-order valence-electron chi connectivity index (χ3n) is 5.74. The molecule has 34 heavy (non-hydrogen) atoms. The van der Waals surface area contributed by atoms with E-state index in [-0.39, 0.29) is 18.3 Å². The van der Waals surface area contributed by atoms with E-state index >= 15 is 0 Å². The van der Waals surface area contributed by atoms with Crippen LogP contribution in [0.25, 0.3) is 0 Å². The third-order valence-corrected chi connectivity index (χ3v) is 7.96. The second-order valence-corrected chi connectivity index (χ2v) is 10.4. The predicted molar refractivity (Wildman–Crippen MR) is 133 cm³/mol. The van der Waals surface area contributed by atoms with E-state index in [1.165, 1.54) is 35.8 Å². The largest absolute Gasteiger partial charge is 0.486 e. The summed E-state index contributed by atoms with van der Waals surface area (Å²) in [6.07, 6.45) is 2.80. The van der Waals surface area contributed by atoms with Gasteiger partial charge in [-0.3, -0.25) is 4.79 Å². The second-order valence-electron chi connectivity index (χ2n) is 8.36. The lowest BCUT2D eigenvalue weighted by Gasteiger charge is -2.09. The number of esters is 1. The number of ether oxygens (including phenoxy) is 2. The zero-order valence-corrected chi connectivity index (χ0v) is 21.3. The first-order valence-corrected chi connectivity index (χ1v) is 12.9. The number of carbonyl (C=O) groups is 2. The molecule has 1 aromatic carbocycles. The molecular formula is C24H28N4O4S2. The molecule has 1 N–H and O–H groups in total. The van der Waals surface area contributed by atoms with Crippen molar-refractivity contribution in [3.05, 3.63) is 51.7 Å². The number of aromatic nitrogens is 3. The Labute approximate surface area is 207 Å². The van der Waals surface area contributed by atoms with E-state index in [0.717, 1.165) is 35.5 Å². The van der Waals surface area contributed by atoms with Crippen LogP contribution in [0, 0.1) is 0 Å². The van der Waals surface area contributed by atoms with Crippen molar-refractivity contribution < 1.29 is 19.1 Å². The standard InChI is InChI=1S/C24H28N4O4S2/c1-14(2)15-8-10-16(11-9-15)32-12-19-26-27-24(28(19)3)33-13-20(29)25-22-21(23(30)31-4)17-6-5-7-18(17)34-22/h8-11,14H,5-7,12-13H2,1-4H3,(H,25,29). The van der Waals surface area contributed by atoms with Gasteiger partial charge in [-0.05, 0) is 48.4 Å². The minimum absolute atomic E-state index is 0.146. The number of fused-ring (bicyclic) bond motifs is 1. The summed E-state index contributed by atoms with van der Waals surface area (Å²) in [6.45, 7) is 4.58. The van der Waals surface area contributed by atoms with Crippen LogP contribution in [0.5, 0.6) is 5.75 Å². The average Bonchev–Trinajstić information content (AvgIpc) is 3.51. The average molecular weight is 501 g/mol. The molecule has 8 nitrogen and oxygen atoms in total. The van der Waals surface area contributed by atoms with Gasteiger partial charge in [0.05, 0.1) is 18.4 Å². The van der Waals surface area contributed by atoms with E-state index < -0.39 is 5.97 Å². The number of thiophene rings is 1. The predicted octanol–water partition coefficient (Wildman–Crippen LogP) is 4.59. The molecule has 180 valence electrons. The number of carbonyl (C=O) groups excluding carboxylic acids is 2. The molecule has 0 bridgehead atoms. The van der Waals surface area contributed by atoms with E-state index in [1.807, 2.05) is 23.7 Å². The number of amides is 1. The first-order chi connectivity index (χ1) is 16.4. The van der Waals surface area contributed by atoms with Crippen LogP contribution >= 0.6 is 23.1 Å². The molecule has 0 unspecified atom stereocenters. The number of hydrogen-bond acceptors (Lipinski definition) is 8. The van der Waals surface area contributed by atoms with Crippen LogP contribution in [0.4, 0.5) is 5.00 Å². The number of methoxy groups -OCH3 is 1. The summed E-state index contributed by atoms with van der Waals surface area (Å²) in [5, 5.41) is 12.5. The molecule has 0 fully saturated rings. The number of nitrogens with one attached hydrogen (secondary N) is 1. The highest BCUT2D eigenvalue weighted by molar-refractivity contribution is 7.99. The van der Waals surface area contributed by atoms with Gasteiger partial charge in [0.1, 0.15) is 17.4 Å². The Hall–Kier alpha value is -2.85. The van der Waals surface area contributed by atoms with Crippen LogP contribution in [-0.2, 0) is 36.0 Å². The normalized spacial score (nSPS) is 12.6. The van der Waals surface area contributed by atoms with Crippen molar-refractivity contribution in [3.8, 4) is 5.75 Å². The highest BCUT2D eigenvalue weighted by Crippen LogP contribution is 2.39. The Morgan fingerprint density at radius 3 is 2.68 bits per heavy atom. The fourth-order valence-corrected chi connectivity index (χ4v) is 5.82. The first kappa shape index (κ1) is 24.3. The highest BCUT2D eigenvalue weighted by atomic mass is 32.2.